The molecule has 46 heavy (non-hydrogen) atoms. The van der Waals surface area contributed by atoms with E-state index in [4.69, 9.17) is 32.9 Å². The number of anilines is 2. The average molecular weight is 650 g/mol. The van der Waals surface area contributed by atoms with Crippen LogP contribution in [0.3, 0.4) is 0 Å². The van der Waals surface area contributed by atoms with E-state index >= 15 is 0 Å². The van der Waals surface area contributed by atoms with E-state index in [9.17, 15) is 13.6 Å². The molecule has 0 radical (unpaired) electrons. The molecule has 6 rings (SSSR count). The van der Waals surface area contributed by atoms with Crippen molar-refractivity contribution in [3.63, 3.8) is 0 Å². The second-order valence-electron chi connectivity index (χ2n) is 12.9. The van der Waals surface area contributed by atoms with Gasteiger partial charge in [-0.05, 0) is 57.7 Å². The van der Waals surface area contributed by atoms with E-state index in [0.717, 1.165) is 35.2 Å². The van der Waals surface area contributed by atoms with Gasteiger partial charge >= 0.3 is 6.01 Å². The highest BCUT2D eigenvalue weighted by atomic mass is 35.5. The van der Waals surface area contributed by atoms with E-state index in [1.807, 2.05) is 18.2 Å². The molecule has 0 bridgehead atoms. The predicted octanol–water partition coefficient (Wildman–Crippen LogP) is 5.66. The fourth-order valence-electron chi connectivity index (χ4n) is 6.96. The highest BCUT2D eigenvalue weighted by molar-refractivity contribution is 6.36. The van der Waals surface area contributed by atoms with Gasteiger partial charge in [-0.2, -0.15) is 9.97 Å². The van der Waals surface area contributed by atoms with Gasteiger partial charge in [0.05, 0.1) is 17.3 Å². The Hall–Kier alpha value is -4.01. The number of fused-ring (bicyclic) bond motifs is 2. The summed E-state index contributed by atoms with van der Waals surface area (Å²) in [7, 11) is 2.11. The molecule has 3 aromatic rings. The van der Waals surface area contributed by atoms with Gasteiger partial charge in [0.1, 0.15) is 24.3 Å². The molecule has 9 nitrogen and oxygen atoms in total. The van der Waals surface area contributed by atoms with Crippen LogP contribution in [0, 0.1) is 12.4 Å². The van der Waals surface area contributed by atoms with E-state index in [1.54, 1.807) is 6.07 Å². The number of likely N-dealkylation sites (N-methyl/N-ethyl adjacent to an activating group) is 1. The Kier molecular flexibility index (Phi) is 8.79. The Balaban J connectivity index is 1.35. The molecule has 3 aliphatic heterocycles. The van der Waals surface area contributed by atoms with Crippen LogP contribution in [0.1, 0.15) is 37.9 Å². The minimum absolute atomic E-state index is 0.0299. The average Bonchev–Trinajstić information content (AvgIpc) is 3.31. The third-order valence-corrected chi connectivity index (χ3v) is 10.2. The number of rotatable bonds is 7. The molecule has 1 unspecified atom stereocenters. The van der Waals surface area contributed by atoms with Gasteiger partial charge in [-0.1, -0.05) is 36.4 Å². The van der Waals surface area contributed by atoms with Crippen LogP contribution in [0.2, 0.25) is 5.02 Å². The molecule has 1 aromatic heterocycles. The highest BCUT2D eigenvalue weighted by Gasteiger charge is 2.38. The van der Waals surface area contributed by atoms with Gasteiger partial charge in [0.25, 0.3) is 5.91 Å². The smallest absolute Gasteiger partial charge is 0.318 e. The van der Waals surface area contributed by atoms with Crippen LogP contribution in [-0.4, -0.2) is 89.7 Å². The maximum atomic E-state index is 14.6. The normalized spacial score (nSPS) is 21.3. The van der Waals surface area contributed by atoms with Crippen molar-refractivity contribution >= 4 is 39.8 Å². The molecule has 2 aromatic carbocycles. The highest BCUT2D eigenvalue weighted by Crippen LogP contribution is 2.38. The zero-order valence-electron chi connectivity index (χ0n) is 26.4. The molecule has 0 N–H and O–H groups in total. The van der Waals surface area contributed by atoms with E-state index in [2.05, 4.69) is 47.0 Å². The SMILES string of the molecule is [C-]#[N+]C[C@H]1CN(c2nc(OCC3CCC(C)(C)N3C)nc3c2CCN(c2cccc4ccc(F)c(Cl)c24)C3)CCN1C(=O)C(=C)F. The quantitative estimate of drug-likeness (QED) is 0.242. The lowest BCUT2D eigenvalue weighted by Crippen LogP contribution is -2.57. The summed E-state index contributed by atoms with van der Waals surface area (Å²) in [6.45, 7) is 17.5. The summed E-state index contributed by atoms with van der Waals surface area (Å²) in [5.74, 6) is -1.59. The molecule has 3 aliphatic rings. The molecule has 4 heterocycles. The number of aromatic nitrogens is 2. The van der Waals surface area contributed by atoms with Crippen molar-refractivity contribution in [3.05, 3.63) is 76.3 Å². The first-order valence-corrected chi connectivity index (χ1v) is 16.0. The first-order valence-electron chi connectivity index (χ1n) is 15.6. The van der Waals surface area contributed by atoms with Crippen molar-refractivity contribution in [2.75, 3.05) is 56.2 Å². The summed E-state index contributed by atoms with van der Waals surface area (Å²) in [6.07, 6.45) is 2.66. The Labute approximate surface area is 273 Å². The van der Waals surface area contributed by atoms with E-state index in [1.165, 1.54) is 11.0 Å². The lowest BCUT2D eigenvalue weighted by Gasteiger charge is -2.41. The predicted molar refractivity (Wildman–Crippen MR) is 175 cm³/mol. The number of nitrogens with zero attached hydrogens (tertiary/aromatic N) is 7. The largest absolute Gasteiger partial charge is 0.462 e. The van der Waals surface area contributed by atoms with E-state index in [0.29, 0.717) is 50.4 Å². The number of piperazine rings is 1. The Bertz CT molecular complexity index is 1730. The van der Waals surface area contributed by atoms with Gasteiger partial charge in [0.15, 0.2) is 5.83 Å². The maximum absolute atomic E-state index is 14.6. The van der Waals surface area contributed by atoms with Crippen molar-refractivity contribution in [1.82, 2.24) is 19.8 Å². The van der Waals surface area contributed by atoms with Gasteiger partial charge in [-0.25, -0.2) is 15.4 Å². The number of ether oxygens (including phenoxy) is 1. The van der Waals surface area contributed by atoms with Crippen LogP contribution in [0.15, 0.2) is 42.7 Å². The van der Waals surface area contributed by atoms with Gasteiger partial charge in [0, 0.05) is 54.4 Å². The summed E-state index contributed by atoms with van der Waals surface area (Å²) in [5.41, 5.74) is 2.64. The Morgan fingerprint density at radius 2 is 1.98 bits per heavy atom. The Morgan fingerprint density at radius 1 is 1.17 bits per heavy atom. The van der Waals surface area contributed by atoms with E-state index in [-0.39, 0.29) is 35.7 Å². The summed E-state index contributed by atoms with van der Waals surface area (Å²) >= 11 is 6.49. The molecular weight excluding hydrogens is 612 g/mol. The number of halogens is 3. The monoisotopic (exact) mass is 649 g/mol. The number of carbonyl (C=O) groups excluding carboxylic acids is 1. The van der Waals surface area contributed by atoms with Crippen molar-refractivity contribution in [2.45, 2.75) is 57.3 Å². The number of carbonyl (C=O) groups is 1. The van der Waals surface area contributed by atoms with Crippen molar-refractivity contribution in [1.29, 1.82) is 0 Å². The molecule has 0 aliphatic carbocycles. The molecule has 2 atom stereocenters. The second kappa shape index (κ2) is 12.6. The van der Waals surface area contributed by atoms with Crippen molar-refractivity contribution in [2.24, 2.45) is 0 Å². The third-order valence-electron chi connectivity index (χ3n) is 9.85. The van der Waals surface area contributed by atoms with Crippen LogP contribution in [0.25, 0.3) is 15.6 Å². The number of amides is 1. The summed E-state index contributed by atoms with van der Waals surface area (Å²) in [6, 6.07) is 8.85. The van der Waals surface area contributed by atoms with Gasteiger partial charge in [0.2, 0.25) is 6.54 Å². The summed E-state index contributed by atoms with van der Waals surface area (Å²) in [4.78, 5) is 33.8. The molecule has 2 fully saturated rings. The molecule has 2 saturated heterocycles. The molecule has 0 spiro atoms. The molecule has 12 heteroatoms. The standard InChI is InChI=1S/C34H38ClF2N7O2/c1-21(36)32(45)44-16-15-43(18-24(44)17-38-4)31-25-12-14-42(28-8-6-7-22-9-10-26(37)30(35)29(22)28)19-27(25)39-33(40-31)46-20-23-11-13-34(2,3)41(23)5/h6-10,23-24H,1,11-20H2,2-3,5H3/t23?,24-/m0/s1. The first-order chi connectivity index (χ1) is 22.0. The third kappa shape index (κ3) is 5.96. The number of hydrogen-bond donors (Lipinski definition) is 0. The topological polar surface area (TPSA) is 69.4 Å². The molecule has 242 valence electrons. The van der Waals surface area contributed by atoms with Crippen LogP contribution in [0.4, 0.5) is 20.3 Å². The maximum Gasteiger partial charge on any atom is 0.318 e. The van der Waals surface area contributed by atoms with Crippen molar-refractivity contribution < 1.29 is 18.3 Å². The van der Waals surface area contributed by atoms with E-state index < -0.39 is 23.6 Å². The summed E-state index contributed by atoms with van der Waals surface area (Å²) in [5, 5.41) is 1.59. The zero-order chi connectivity index (χ0) is 32.7. The lowest BCUT2D eigenvalue weighted by molar-refractivity contribution is -0.131. The summed E-state index contributed by atoms with van der Waals surface area (Å²) < 4.78 is 34.7. The van der Waals surface area contributed by atoms with Crippen LogP contribution in [-0.2, 0) is 17.8 Å². The minimum atomic E-state index is -1.04. The lowest BCUT2D eigenvalue weighted by atomic mass is 10.0. The number of hydrogen-bond acceptors (Lipinski definition) is 7. The molecule has 1 amide bonds. The second-order valence-corrected chi connectivity index (χ2v) is 13.3. The fourth-order valence-corrected chi connectivity index (χ4v) is 7.23. The number of benzene rings is 2. The van der Waals surface area contributed by atoms with Crippen LogP contribution in [0.5, 0.6) is 6.01 Å². The minimum Gasteiger partial charge on any atom is -0.462 e. The van der Waals surface area contributed by atoms with Crippen molar-refractivity contribution in [3.8, 4) is 6.01 Å². The van der Waals surface area contributed by atoms with Gasteiger partial charge < -0.3 is 24.3 Å². The van der Waals surface area contributed by atoms with Gasteiger partial charge in [-0.3, -0.25) is 9.69 Å². The fraction of sp³-hybridized carbons (Fsp3) is 0.471. The van der Waals surface area contributed by atoms with Crippen LogP contribution >= 0.6 is 11.6 Å². The zero-order valence-corrected chi connectivity index (χ0v) is 27.2. The first kappa shape index (κ1) is 32.0. The molecular formula is C34H38ClF2N7O2. The number of likely N-dealkylation sites (tertiary alicyclic amines) is 1. The Morgan fingerprint density at radius 3 is 2.70 bits per heavy atom. The van der Waals surface area contributed by atoms with Crippen LogP contribution < -0.4 is 14.5 Å². The molecule has 0 saturated carbocycles. The van der Waals surface area contributed by atoms with Gasteiger partial charge in [-0.15, -0.1) is 0 Å².